The molecule has 1 heterocycles. The molecule has 96 valence electrons. The largest absolute Gasteiger partial charge is 0.358 e. The fraction of sp³-hybridized carbons (Fsp3) is 0.733. The second kappa shape index (κ2) is 10.3. The summed E-state index contributed by atoms with van der Waals surface area (Å²) in [6.07, 6.45) is 17.0. The fourth-order valence-electron chi connectivity index (χ4n) is 1.86. The van der Waals surface area contributed by atoms with Gasteiger partial charge in [-0.05, 0) is 6.42 Å². The summed E-state index contributed by atoms with van der Waals surface area (Å²) in [6, 6.07) is 0. The van der Waals surface area contributed by atoms with E-state index in [9.17, 15) is 0 Å². The summed E-state index contributed by atoms with van der Waals surface area (Å²) in [5, 5.41) is 0. The average molecular weight is 237 g/mol. The molecule has 17 heavy (non-hydrogen) atoms. The van der Waals surface area contributed by atoms with Crippen LogP contribution in [0.3, 0.4) is 0 Å². The van der Waals surface area contributed by atoms with Gasteiger partial charge in [-0.1, -0.05) is 51.9 Å². The van der Waals surface area contributed by atoms with Crippen molar-refractivity contribution in [2.24, 2.45) is 0 Å². The van der Waals surface area contributed by atoms with Gasteiger partial charge in [0.2, 0.25) is 6.26 Å². The Kier molecular flexibility index (Phi) is 8.62. The highest BCUT2D eigenvalue weighted by Gasteiger charge is 2.11. The van der Waals surface area contributed by atoms with Crippen LogP contribution < -0.4 is 0 Å². The molecular weight excluding hydrogens is 212 g/mol. The molecule has 0 bridgehead atoms. The summed E-state index contributed by atoms with van der Waals surface area (Å²) < 4.78 is 10.6. The molecule has 1 aliphatic rings. The summed E-state index contributed by atoms with van der Waals surface area (Å²) in [7, 11) is 0. The lowest BCUT2D eigenvalue weighted by atomic mass is 10.1. The third kappa shape index (κ3) is 7.95. The van der Waals surface area contributed by atoms with Crippen molar-refractivity contribution in [1.82, 2.24) is 0 Å². The van der Waals surface area contributed by atoms with Crippen molar-refractivity contribution < 1.29 is 9.47 Å². The summed E-state index contributed by atoms with van der Waals surface area (Å²) >= 11 is 0. The van der Waals surface area contributed by atoms with Crippen molar-refractivity contribution in [2.75, 3.05) is 13.2 Å². The van der Waals surface area contributed by atoms with Crippen molar-refractivity contribution in [2.45, 2.75) is 58.3 Å². The van der Waals surface area contributed by atoms with Crippen LogP contribution in [-0.2, 0) is 9.47 Å². The van der Waals surface area contributed by atoms with Gasteiger partial charge in [0.15, 0.2) is 12.7 Å². The van der Waals surface area contributed by atoms with E-state index >= 15 is 0 Å². The van der Waals surface area contributed by atoms with Crippen LogP contribution in [-0.4, -0.2) is 13.2 Å². The fourth-order valence-corrected chi connectivity index (χ4v) is 1.86. The molecule has 0 N–H and O–H groups in total. The third-order valence-corrected chi connectivity index (χ3v) is 2.91. The summed E-state index contributed by atoms with van der Waals surface area (Å²) in [4.78, 5) is 0. The zero-order chi connectivity index (χ0) is 12.2. The second-order valence-electron chi connectivity index (χ2n) is 4.55. The van der Waals surface area contributed by atoms with Crippen LogP contribution in [0, 0.1) is 6.26 Å². The topological polar surface area (TPSA) is 18.5 Å². The summed E-state index contributed by atoms with van der Waals surface area (Å²) in [5.74, 6) is 0.865. The molecule has 0 spiro atoms. The Labute approximate surface area is 106 Å². The predicted molar refractivity (Wildman–Crippen MR) is 70.4 cm³/mol. The van der Waals surface area contributed by atoms with Gasteiger partial charge in [0.1, 0.15) is 6.08 Å². The van der Waals surface area contributed by atoms with Crippen LogP contribution in [0.4, 0.5) is 0 Å². The molecular formula is C15H25O2+. The Balaban J connectivity index is 1.72. The minimum atomic E-state index is 0.583. The smallest absolute Gasteiger partial charge is 0.292 e. The maximum absolute atomic E-state index is 5.51. The number of unbranched alkanes of at least 4 members (excludes halogenated alkanes) is 7. The van der Waals surface area contributed by atoms with E-state index in [2.05, 4.69) is 13.2 Å². The van der Waals surface area contributed by atoms with Crippen molar-refractivity contribution >= 4 is 0 Å². The van der Waals surface area contributed by atoms with Gasteiger partial charge in [-0.25, -0.2) is 0 Å². The lowest BCUT2D eigenvalue weighted by Crippen LogP contribution is -2.00. The molecule has 2 heteroatoms. The van der Waals surface area contributed by atoms with E-state index in [-0.39, 0.29) is 0 Å². The highest BCUT2D eigenvalue weighted by atomic mass is 16.5. The summed E-state index contributed by atoms with van der Waals surface area (Å²) in [6.45, 7) is 3.68. The lowest BCUT2D eigenvalue weighted by molar-refractivity contribution is 0.119. The molecule has 0 unspecified atom stereocenters. The van der Waals surface area contributed by atoms with E-state index in [4.69, 9.17) is 9.47 Å². The first-order valence-corrected chi connectivity index (χ1v) is 6.96. The van der Waals surface area contributed by atoms with E-state index in [1.807, 2.05) is 6.08 Å². The molecule has 0 saturated carbocycles. The first-order chi connectivity index (χ1) is 8.43. The van der Waals surface area contributed by atoms with Gasteiger partial charge in [-0.15, -0.1) is 0 Å². The monoisotopic (exact) mass is 237 g/mol. The third-order valence-electron chi connectivity index (χ3n) is 2.91. The van der Waals surface area contributed by atoms with Crippen LogP contribution in [0.5, 0.6) is 0 Å². The maximum Gasteiger partial charge on any atom is 0.292 e. The van der Waals surface area contributed by atoms with E-state index < -0.39 is 0 Å². The predicted octanol–water partition coefficient (Wildman–Crippen LogP) is 4.37. The highest BCUT2D eigenvalue weighted by Crippen LogP contribution is 2.09. The molecule has 0 radical (unpaired) electrons. The molecule has 0 aromatic rings. The number of hydrogen-bond acceptors (Lipinski definition) is 2. The Morgan fingerprint density at radius 2 is 1.76 bits per heavy atom. The first-order valence-electron chi connectivity index (χ1n) is 6.96. The normalized spacial score (nSPS) is 13.4. The Morgan fingerprint density at radius 1 is 1.06 bits per heavy atom. The van der Waals surface area contributed by atoms with Crippen LogP contribution in [0.25, 0.3) is 0 Å². The van der Waals surface area contributed by atoms with Crippen LogP contribution in [0.1, 0.15) is 58.3 Å². The number of rotatable bonds is 11. The van der Waals surface area contributed by atoms with Gasteiger partial charge in [0, 0.05) is 6.61 Å². The van der Waals surface area contributed by atoms with Crippen molar-refractivity contribution in [3.63, 3.8) is 0 Å². The Bertz CT molecular complexity index is 231. The molecule has 0 aromatic heterocycles. The van der Waals surface area contributed by atoms with Gasteiger partial charge in [-0.3, -0.25) is 4.74 Å². The molecule has 0 atom stereocenters. The van der Waals surface area contributed by atoms with E-state index in [1.165, 1.54) is 44.9 Å². The van der Waals surface area contributed by atoms with Gasteiger partial charge in [-0.2, -0.15) is 0 Å². The Hall–Kier alpha value is -0.850. The maximum atomic E-state index is 5.51. The molecule has 0 saturated heterocycles. The molecule has 0 amide bonds. The van der Waals surface area contributed by atoms with Crippen LogP contribution in [0.15, 0.2) is 17.9 Å². The lowest BCUT2D eigenvalue weighted by Gasteiger charge is -2.02. The van der Waals surface area contributed by atoms with Gasteiger partial charge >= 0.3 is 0 Å². The minimum absolute atomic E-state index is 0.583. The Morgan fingerprint density at radius 3 is 2.41 bits per heavy atom. The molecule has 0 fully saturated rings. The molecule has 1 aliphatic heterocycles. The van der Waals surface area contributed by atoms with Gasteiger partial charge < -0.3 is 4.74 Å². The zero-order valence-corrected chi connectivity index (χ0v) is 11.0. The molecule has 0 aliphatic carbocycles. The van der Waals surface area contributed by atoms with Crippen LogP contribution >= 0.6 is 0 Å². The van der Waals surface area contributed by atoms with E-state index in [0.717, 1.165) is 18.8 Å². The molecule has 1 rings (SSSR count). The quantitative estimate of drug-likeness (QED) is 0.392. The number of allylic oxidation sites excluding steroid dienone is 2. The second-order valence-corrected chi connectivity index (χ2v) is 4.55. The molecule has 0 aromatic carbocycles. The standard InChI is InChI=1S/C15H25O2/c1-2-3-4-5-6-7-8-9-12-16-14-15-11-10-13-17-15/h10-11H,2-9,12,14H2,1H3/q+1. The summed E-state index contributed by atoms with van der Waals surface area (Å²) in [5.41, 5.74) is 0. The van der Waals surface area contributed by atoms with E-state index in [1.54, 1.807) is 6.08 Å². The van der Waals surface area contributed by atoms with Crippen molar-refractivity contribution in [3.05, 3.63) is 24.2 Å². The zero-order valence-electron chi connectivity index (χ0n) is 11.0. The minimum Gasteiger partial charge on any atom is -0.358 e. The highest BCUT2D eigenvalue weighted by molar-refractivity contribution is 5.10. The van der Waals surface area contributed by atoms with Gasteiger partial charge in [0.05, 0.1) is 0 Å². The van der Waals surface area contributed by atoms with Gasteiger partial charge in [0.25, 0.3) is 5.76 Å². The average Bonchev–Trinajstić information content (AvgIpc) is 2.85. The van der Waals surface area contributed by atoms with Crippen LogP contribution in [0.2, 0.25) is 0 Å². The number of ether oxygens (including phenoxy) is 2. The first kappa shape index (κ1) is 14.2. The van der Waals surface area contributed by atoms with Crippen molar-refractivity contribution in [3.8, 4) is 0 Å². The SMILES string of the molecule is CCCCCCCCCCOCC1=CC=[C+]O1. The number of hydrogen-bond donors (Lipinski definition) is 0. The van der Waals surface area contributed by atoms with Crippen molar-refractivity contribution in [1.29, 1.82) is 0 Å². The molecule has 2 nitrogen and oxygen atoms in total. The van der Waals surface area contributed by atoms with E-state index in [0.29, 0.717) is 6.61 Å².